The second-order valence-corrected chi connectivity index (χ2v) is 6.74. The summed E-state index contributed by atoms with van der Waals surface area (Å²) in [4.78, 5) is 6.98. The van der Waals surface area contributed by atoms with E-state index in [2.05, 4.69) is 33.9 Å². The maximum absolute atomic E-state index is 11.7. The van der Waals surface area contributed by atoms with Crippen molar-refractivity contribution in [1.29, 1.82) is 0 Å². The second kappa shape index (κ2) is 8.29. The number of aromatic amines is 1. The van der Waals surface area contributed by atoms with Crippen molar-refractivity contribution in [2.24, 2.45) is 0 Å². The van der Waals surface area contributed by atoms with E-state index in [0.29, 0.717) is 25.4 Å². The number of hydrogen-bond donors (Lipinski definition) is 3. The second-order valence-electron chi connectivity index (χ2n) is 4.82. The molecule has 3 N–H and O–H groups in total. The maximum Gasteiger partial charge on any atom is 0.211 e. The molecule has 7 heteroatoms. The lowest BCUT2D eigenvalue weighted by Gasteiger charge is -2.08. The Morgan fingerprint density at radius 3 is 2.74 bits per heavy atom. The van der Waals surface area contributed by atoms with Crippen molar-refractivity contribution in [1.82, 2.24) is 20.0 Å². The van der Waals surface area contributed by atoms with Crippen molar-refractivity contribution in [2.45, 2.75) is 39.2 Å². The molecule has 0 amide bonds. The molecule has 0 saturated carbocycles. The molecule has 0 spiro atoms. The van der Waals surface area contributed by atoms with Crippen molar-refractivity contribution in [3.8, 4) is 0 Å². The third kappa shape index (κ3) is 7.97. The highest BCUT2D eigenvalue weighted by molar-refractivity contribution is 7.89. The zero-order valence-electron chi connectivity index (χ0n) is 11.6. The van der Waals surface area contributed by atoms with E-state index < -0.39 is 10.0 Å². The quantitative estimate of drug-likeness (QED) is 0.552. The van der Waals surface area contributed by atoms with Crippen LogP contribution in [0.2, 0.25) is 0 Å². The highest BCUT2D eigenvalue weighted by Gasteiger charge is 2.09. The predicted octanol–water partition coefficient (Wildman–Crippen LogP) is 0.650. The molecular formula is C12H24N4O2S. The SMILES string of the molecule is CC(C)NCCCCS(=O)(=O)NCCc1ncc[nH]1. The first-order valence-electron chi connectivity index (χ1n) is 6.68. The molecule has 0 aliphatic carbocycles. The van der Waals surface area contributed by atoms with Gasteiger partial charge in [-0.25, -0.2) is 18.1 Å². The lowest BCUT2D eigenvalue weighted by atomic mass is 10.3. The van der Waals surface area contributed by atoms with Gasteiger partial charge in [0, 0.05) is 31.4 Å². The highest BCUT2D eigenvalue weighted by Crippen LogP contribution is 1.95. The fourth-order valence-electron chi connectivity index (χ4n) is 1.64. The highest BCUT2D eigenvalue weighted by atomic mass is 32.2. The normalized spacial score (nSPS) is 12.2. The number of imidazole rings is 1. The Morgan fingerprint density at radius 1 is 1.32 bits per heavy atom. The van der Waals surface area contributed by atoms with Gasteiger partial charge in [-0.2, -0.15) is 0 Å². The smallest absolute Gasteiger partial charge is 0.211 e. The number of nitrogens with one attached hydrogen (secondary N) is 3. The molecule has 1 rings (SSSR count). The van der Waals surface area contributed by atoms with Crippen LogP contribution in [0.15, 0.2) is 12.4 Å². The van der Waals surface area contributed by atoms with E-state index in [1.807, 2.05) is 0 Å². The van der Waals surface area contributed by atoms with Crippen LogP contribution < -0.4 is 10.0 Å². The van der Waals surface area contributed by atoms with Crippen LogP contribution in [0.5, 0.6) is 0 Å². The van der Waals surface area contributed by atoms with Crippen molar-refractivity contribution in [2.75, 3.05) is 18.8 Å². The molecule has 0 radical (unpaired) electrons. The van der Waals surface area contributed by atoms with Crippen LogP contribution in [0.3, 0.4) is 0 Å². The fraction of sp³-hybridized carbons (Fsp3) is 0.750. The van der Waals surface area contributed by atoms with Gasteiger partial charge >= 0.3 is 0 Å². The van der Waals surface area contributed by atoms with Gasteiger partial charge in [0.05, 0.1) is 5.75 Å². The van der Waals surface area contributed by atoms with Crippen LogP contribution in [0.4, 0.5) is 0 Å². The molecule has 0 aliphatic rings. The summed E-state index contributed by atoms with van der Waals surface area (Å²) in [7, 11) is -3.15. The average Bonchev–Trinajstić information content (AvgIpc) is 2.80. The summed E-state index contributed by atoms with van der Waals surface area (Å²) >= 11 is 0. The summed E-state index contributed by atoms with van der Waals surface area (Å²) < 4.78 is 26.0. The molecule has 1 aromatic heterocycles. The van der Waals surface area contributed by atoms with Crippen molar-refractivity contribution in [3.63, 3.8) is 0 Å². The molecule has 0 bridgehead atoms. The average molecular weight is 288 g/mol. The van der Waals surface area contributed by atoms with Crippen molar-refractivity contribution < 1.29 is 8.42 Å². The van der Waals surface area contributed by atoms with Gasteiger partial charge in [-0.15, -0.1) is 0 Å². The van der Waals surface area contributed by atoms with Gasteiger partial charge in [0.1, 0.15) is 5.82 Å². The third-order valence-electron chi connectivity index (χ3n) is 2.63. The minimum Gasteiger partial charge on any atom is -0.349 e. The molecule has 110 valence electrons. The Morgan fingerprint density at radius 2 is 2.11 bits per heavy atom. The largest absolute Gasteiger partial charge is 0.349 e. The number of unbranched alkanes of at least 4 members (excludes halogenated alkanes) is 1. The van der Waals surface area contributed by atoms with E-state index >= 15 is 0 Å². The van der Waals surface area contributed by atoms with Crippen molar-refractivity contribution in [3.05, 3.63) is 18.2 Å². The van der Waals surface area contributed by atoms with E-state index in [4.69, 9.17) is 0 Å². The number of rotatable bonds is 10. The number of H-pyrrole nitrogens is 1. The summed E-state index contributed by atoms with van der Waals surface area (Å²) in [5.41, 5.74) is 0. The Balaban J connectivity index is 2.10. The number of sulfonamides is 1. The fourth-order valence-corrected chi connectivity index (χ4v) is 2.78. The topological polar surface area (TPSA) is 86.9 Å². The molecule has 6 nitrogen and oxygen atoms in total. The van der Waals surface area contributed by atoms with Gasteiger partial charge in [0.25, 0.3) is 0 Å². The molecule has 19 heavy (non-hydrogen) atoms. The minimum absolute atomic E-state index is 0.185. The molecule has 0 aromatic carbocycles. The van der Waals surface area contributed by atoms with Crippen LogP contribution in [0.25, 0.3) is 0 Å². The number of aromatic nitrogens is 2. The van der Waals surface area contributed by atoms with Gasteiger partial charge in [-0.05, 0) is 19.4 Å². The first kappa shape index (κ1) is 16.1. The summed E-state index contributed by atoms with van der Waals surface area (Å²) in [5.74, 6) is 0.981. The summed E-state index contributed by atoms with van der Waals surface area (Å²) in [6, 6.07) is 0.447. The lowest BCUT2D eigenvalue weighted by molar-refractivity contribution is 0.555. The molecule has 0 fully saturated rings. The summed E-state index contributed by atoms with van der Waals surface area (Å²) in [6.45, 7) is 5.40. The van der Waals surface area contributed by atoms with Gasteiger partial charge in [0.15, 0.2) is 0 Å². The van der Waals surface area contributed by atoms with E-state index in [1.54, 1.807) is 12.4 Å². The molecular weight excluding hydrogens is 264 g/mol. The van der Waals surface area contributed by atoms with Crippen LogP contribution in [-0.4, -0.2) is 43.3 Å². The van der Waals surface area contributed by atoms with Crippen LogP contribution in [0.1, 0.15) is 32.5 Å². The minimum atomic E-state index is -3.15. The molecule has 1 heterocycles. The summed E-state index contributed by atoms with van der Waals surface area (Å²) in [5, 5.41) is 3.27. The Bertz CT molecular complexity index is 429. The van der Waals surface area contributed by atoms with Crippen LogP contribution in [-0.2, 0) is 16.4 Å². The zero-order valence-corrected chi connectivity index (χ0v) is 12.5. The van der Waals surface area contributed by atoms with Gasteiger partial charge < -0.3 is 10.3 Å². The summed E-state index contributed by atoms with van der Waals surface area (Å²) in [6.07, 6.45) is 5.52. The first-order valence-corrected chi connectivity index (χ1v) is 8.34. The Labute approximate surface area is 115 Å². The van der Waals surface area contributed by atoms with Crippen molar-refractivity contribution >= 4 is 10.0 Å². The molecule has 0 aliphatic heterocycles. The van der Waals surface area contributed by atoms with E-state index in [9.17, 15) is 8.42 Å². The third-order valence-corrected chi connectivity index (χ3v) is 4.10. The maximum atomic E-state index is 11.7. The molecule has 0 atom stereocenters. The van der Waals surface area contributed by atoms with Gasteiger partial charge in [-0.3, -0.25) is 0 Å². The van der Waals surface area contributed by atoms with Crippen LogP contribution >= 0.6 is 0 Å². The Hall–Kier alpha value is -0.920. The van der Waals surface area contributed by atoms with E-state index in [-0.39, 0.29) is 5.75 Å². The number of nitrogens with zero attached hydrogens (tertiary/aromatic N) is 1. The Kier molecular flexibility index (Phi) is 7.04. The first-order chi connectivity index (χ1) is 8.99. The molecule has 0 saturated heterocycles. The number of hydrogen-bond acceptors (Lipinski definition) is 4. The van der Waals surface area contributed by atoms with Gasteiger partial charge in [0.2, 0.25) is 10.0 Å². The van der Waals surface area contributed by atoms with E-state index in [0.717, 1.165) is 18.8 Å². The standard InChI is InChI=1S/C12H24N4O2S/c1-11(2)13-6-3-4-10-19(17,18)16-7-5-12-14-8-9-15-12/h8-9,11,13,16H,3-7,10H2,1-2H3,(H,14,15). The monoisotopic (exact) mass is 288 g/mol. The predicted molar refractivity (Wildman–Crippen MR) is 76.5 cm³/mol. The zero-order chi connectivity index (χ0) is 14.1. The van der Waals surface area contributed by atoms with E-state index in [1.165, 1.54) is 0 Å². The van der Waals surface area contributed by atoms with Gasteiger partial charge in [-0.1, -0.05) is 13.8 Å². The lowest BCUT2D eigenvalue weighted by Crippen LogP contribution is -2.29. The van der Waals surface area contributed by atoms with Crippen LogP contribution in [0, 0.1) is 0 Å². The molecule has 1 aromatic rings. The molecule has 0 unspecified atom stereocenters.